The molecule has 0 aliphatic rings. The molecule has 152 valence electrons. The summed E-state index contributed by atoms with van der Waals surface area (Å²) in [5, 5.41) is 7.70. The first-order valence-corrected chi connectivity index (χ1v) is 9.88. The van der Waals surface area contributed by atoms with Crippen LogP contribution in [0.4, 0.5) is 5.69 Å². The molecule has 0 aliphatic carbocycles. The van der Waals surface area contributed by atoms with Crippen LogP contribution in [0.5, 0.6) is 0 Å². The number of hydrazone groups is 1. The van der Waals surface area contributed by atoms with E-state index in [2.05, 4.69) is 15.8 Å². The molecule has 0 fully saturated rings. The van der Waals surface area contributed by atoms with E-state index in [4.69, 9.17) is 23.2 Å². The maximum Gasteiger partial charge on any atom is 0.271 e. The molecule has 0 spiro atoms. The molecular weight excluding hydrogens is 421 g/mol. The number of halogens is 2. The van der Waals surface area contributed by atoms with E-state index < -0.39 is 0 Å². The molecule has 0 aliphatic heterocycles. The number of hydrogen-bond donors (Lipinski definition) is 2. The van der Waals surface area contributed by atoms with Gasteiger partial charge in [0.15, 0.2) is 0 Å². The van der Waals surface area contributed by atoms with Gasteiger partial charge in [-0.05, 0) is 61.4 Å². The Morgan fingerprint density at radius 3 is 2.23 bits per heavy atom. The Morgan fingerprint density at radius 2 is 1.57 bits per heavy atom. The number of amides is 2. The van der Waals surface area contributed by atoms with Crippen molar-refractivity contribution in [3.8, 4) is 0 Å². The van der Waals surface area contributed by atoms with Crippen LogP contribution in [0, 0.1) is 6.92 Å². The van der Waals surface area contributed by atoms with Crippen LogP contribution in [-0.2, 0) is 0 Å². The topological polar surface area (TPSA) is 70.6 Å². The smallest absolute Gasteiger partial charge is 0.271 e. The predicted octanol–water partition coefficient (Wildman–Crippen LogP) is 5.71. The van der Waals surface area contributed by atoms with Crippen LogP contribution in [0.15, 0.2) is 71.8 Å². The van der Waals surface area contributed by atoms with Crippen molar-refractivity contribution in [1.29, 1.82) is 0 Å². The highest BCUT2D eigenvalue weighted by Gasteiger charge is 2.11. The van der Waals surface area contributed by atoms with Gasteiger partial charge < -0.3 is 5.32 Å². The van der Waals surface area contributed by atoms with Crippen LogP contribution in [0.3, 0.4) is 0 Å². The molecule has 0 saturated heterocycles. The monoisotopic (exact) mass is 439 g/mol. The second-order valence-electron chi connectivity index (χ2n) is 6.61. The van der Waals surface area contributed by atoms with E-state index in [9.17, 15) is 9.59 Å². The van der Waals surface area contributed by atoms with Gasteiger partial charge in [-0.1, -0.05) is 53.5 Å². The van der Waals surface area contributed by atoms with Crippen molar-refractivity contribution in [3.05, 3.63) is 99.0 Å². The minimum absolute atomic E-state index is 0.267. The summed E-state index contributed by atoms with van der Waals surface area (Å²) in [6.07, 6.45) is 0. The fraction of sp³-hybridized carbons (Fsp3) is 0.0870. The fourth-order valence-electron chi connectivity index (χ4n) is 2.75. The molecule has 3 aromatic carbocycles. The summed E-state index contributed by atoms with van der Waals surface area (Å²) >= 11 is 11.9. The number of nitrogens with one attached hydrogen (secondary N) is 2. The van der Waals surface area contributed by atoms with Crippen LogP contribution in [0.1, 0.15) is 38.8 Å². The van der Waals surface area contributed by atoms with Gasteiger partial charge in [0.1, 0.15) is 0 Å². The normalized spacial score (nSPS) is 11.1. The van der Waals surface area contributed by atoms with E-state index in [1.54, 1.807) is 49.4 Å². The highest BCUT2D eigenvalue weighted by Crippen LogP contribution is 2.22. The first kappa shape index (κ1) is 21.6. The number of anilines is 1. The van der Waals surface area contributed by atoms with Crippen LogP contribution < -0.4 is 10.7 Å². The Balaban J connectivity index is 1.66. The highest BCUT2D eigenvalue weighted by atomic mass is 35.5. The maximum absolute atomic E-state index is 12.4. The maximum atomic E-state index is 12.4. The van der Waals surface area contributed by atoms with Crippen molar-refractivity contribution in [2.75, 3.05) is 5.32 Å². The molecule has 0 radical (unpaired) electrons. The number of hydrogen-bond acceptors (Lipinski definition) is 3. The van der Waals surface area contributed by atoms with Crippen molar-refractivity contribution in [2.45, 2.75) is 13.8 Å². The molecule has 0 unspecified atom stereocenters. The molecule has 0 heterocycles. The fourth-order valence-corrected chi connectivity index (χ4v) is 3.25. The van der Waals surface area contributed by atoms with E-state index in [1.807, 2.05) is 25.1 Å². The zero-order valence-electron chi connectivity index (χ0n) is 16.4. The number of benzene rings is 3. The Labute approximate surface area is 184 Å². The third kappa shape index (κ3) is 5.26. The standard InChI is InChI=1S/C23H19Cl2N3O2/c1-14-5-3-4-6-19(14)23(30)28-27-15(2)16-7-10-18(11-8-16)26-22(29)20-12-9-17(24)13-21(20)25/h3-13H,1-2H3,(H,26,29)(H,28,30)/b27-15-. The third-order valence-electron chi connectivity index (χ3n) is 4.45. The molecule has 0 bridgehead atoms. The van der Waals surface area contributed by atoms with Crippen molar-refractivity contribution in [2.24, 2.45) is 5.10 Å². The molecule has 30 heavy (non-hydrogen) atoms. The van der Waals surface area contributed by atoms with Crippen molar-refractivity contribution >= 4 is 46.4 Å². The average Bonchev–Trinajstić information content (AvgIpc) is 2.72. The lowest BCUT2D eigenvalue weighted by Gasteiger charge is -2.08. The molecule has 0 atom stereocenters. The average molecular weight is 440 g/mol. The van der Waals surface area contributed by atoms with Gasteiger partial charge >= 0.3 is 0 Å². The van der Waals surface area contributed by atoms with Gasteiger partial charge in [-0.2, -0.15) is 5.10 Å². The first-order chi connectivity index (χ1) is 14.3. The molecule has 2 N–H and O–H groups in total. The van der Waals surface area contributed by atoms with Crippen LogP contribution in [-0.4, -0.2) is 17.5 Å². The first-order valence-electron chi connectivity index (χ1n) is 9.12. The van der Waals surface area contributed by atoms with Crippen LogP contribution >= 0.6 is 23.2 Å². The summed E-state index contributed by atoms with van der Waals surface area (Å²) < 4.78 is 0. The van der Waals surface area contributed by atoms with E-state index in [1.165, 1.54) is 6.07 Å². The number of carbonyl (C=O) groups excluding carboxylic acids is 2. The lowest BCUT2D eigenvalue weighted by atomic mass is 10.1. The summed E-state index contributed by atoms with van der Waals surface area (Å²) in [5.41, 5.74) is 6.41. The second-order valence-corrected chi connectivity index (χ2v) is 7.45. The van der Waals surface area contributed by atoms with Crippen LogP contribution in [0.25, 0.3) is 0 Å². The number of rotatable bonds is 5. The summed E-state index contributed by atoms with van der Waals surface area (Å²) in [5.74, 6) is -0.600. The number of nitrogens with zero attached hydrogens (tertiary/aromatic N) is 1. The molecule has 0 saturated carbocycles. The molecule has 3 rings (SSSR count). The number of carbonyl (C=O) groups is 2. The predicted molar refractivity (Wildman–Crippen MR) is 122 cm³/mol. The largest absolute Gasteiger partial charge is 0.322 e. The second kappa shape index (κ2) is 9.57. The van der Waals surface area contributed by atoms with Crippen LogP contribution in [0.2, 0.25) is 10.0 Å². The van der Waals surface area contributed by atoms with Crippen molar-refractivity contribution in [3.63, 3.8) is 0 Å². The van der Waals surface area contributed by atoms with Gasteiger partial charge in [0.05, 0.1) is 16.3 Å². The van der Waals surface area contributed by atoms with E-state index in [0.717, 1.165) is 11.1 Å². The van der Waals surface area contributed by atoms with Gasteiger partial charge in [-0.3, -0.25) is 9.59 Å². The lowest BCUT2D eigenvalue weighted by Crippen LogP contribution is -2.20. The van der Waals surface area contributed by atoms with Crippen molar-refractivity contribution < 1.29 is 9.59 Å². The molecule has 0 aromatic heterocycles. The molecule has 7 heteroatoms. The van der Waals surface area contributed by atoms with Gasteiger partial charge in [0, 0.05) is 16.3 Å². The van der Waals surface area contributed by atoms with Crippen molar-refractivity contribution in [1.82, 2.24) is 5.43 Å². The van der Waals surface area contributed by atoms with Gasteiger partial charge in [0.2, 0.25) is 0 Å². The highest BCUT2D eigenvalue weighted by molar-refractivity contribution is 6.37. The Morgan fingerprint density at radius 1 is 0.867 bits per heavy atom. The van der Waals surface area contributed by atoms with E-state index in [-0.39, 0.29) is 16.8 Å². The summed E-state index contributed by atoms with van der Waals surface area (Å²) in [4.78, 5) is 24.7. The quantitative estimate of drug-likeness (QED) is 0.394. The van der Waals surface area contributed by atoms with E-state index >= 15 is 0 Å². The Bertz CT molecular complexity index is 1130. The molecule has 5 nitrogen and oxygen atoms in total. The summed E-state index contributed by atoms with van der Waals surface area (Å²) in [6.45, 7) is 3.66. The summed E-state index contributed by atoms with van der Waals surface area (Å²) in [6, 6.07) is 19.1. The lowest BCUT2D eigenvalue weighted by molar-refractivity contribution is 0.0953. The van der Waals surface area contributed by atoms with E-state index in [0.29, 0.717) is 27.5 Å². The zero-order chi connectivity index (χ0) is 21.7. The minimum atomic E-state index is -0.333. The van der Waals surface area contributed by atoms with Gasteiger partial charge in [-0.25, -0.2) is 5.43 Å². The third-order valence-corrected chi connectivity index (χ3v) is 5.00. The number of aryl methyl sites for hydroxylation is 1. The Hall–Kier alpha value is -3.15. The summed E-state index contributed by atoms with van der Waals surface area (Å²) in [7, 11) is 0. The zero-order valence-corrected chi connectivity index (χ0v) is 17.9. The molecular formula is C23H19Cl2N3O2. The SMILES string of the molecule is C/C(=N/NC(=O)c1ccccc1C)c1ccc(NC(=O)c2ccc(Cl)cc2Cl)cc1. The van der Waals surface area contributed by atoms with Gasteiger partial charge in [0.25, 0.3) is 11.8 Å². The molecule has 3 aromatic rings. The van der Waals surface area contributed by atoms with Gasteiger partial charge in [-0.15, -0.1) is 0 Å². The molecule has 2 amide bonds. The minimum Gasteiger partial charge on any atom is -0.322 e. The Kier molecular flexibility index (Phi) is 6.87.